The minimum Gasteiger partial charge on any atom is -0.380 e. The molecule has 2 saturated heterocycles. The molecule has 2 aliphatic rings. The van der Waals surface area contributed by atoms with E-state index in [0.29, 0.717) is 17.2 Å². The van der Waals surface area contributed by atoms with Gasteiger partial charge in [0.15, 0.2) is 0 Å². The highest BCUT2D eigenvalue weighted by atomic mass is 32.2. The lowest BCUT2D eigenvalue weighted by Crippen LogP contribution is -2.42. The fourth-order valence-electron chi connectivity index (χ4n) is 3.83. The first kappa shape index (κ1) is 20.4. The Labute approximate surface area is 179 Å². The maximum absolute atomic E-state index is 12.8. The number of amides is 2. The van der Waals surface area contributed by atoms with Crippen molar-refractivity contribution in [2.24, 2.45) is 0 Å². The lowest BCUT2D eigenvalue weighted by atomic mass is 10.1. The number of aromatic nitrogens is 1. The number of carbonyl (C=O) groups excluding carboxylic acids is 2. The van der Waals surface area contributed by atoms with E-state index in [-0.39, 0.29) is 24.5 Å². The molecule has 2 amide bonds. The van der Waals surface area contributed by atoms with E-state index in [1.165, 1.54) is 16.7 Å². The van der Waals surface area contributed by atoms with E-state index in [1.807, 2.05) is 18.2 Å². The van der Waals surface area contributed by atoms with E-state index in [0.717, 1.165) is 36.1 Å². The van der Waals surface area contributed by atoms with Crippen LogP contribution in [0.2, 0.25) is 0 Å². The topological polar surface area (TPSA) is 98.6 Å². The zero-order chi connectivity index (χ0) is 21.1. The van der Waals surface area contributed by atoms with Crippen molar-refractivity contribution in [3.8, 4) is 6.07 Å². The molecule has 30 heavy (non-hydrogen) atoms. The Hall–Kier alpha value is -2.83. The fraction of sp³-hybridized carbons (Fsp3) is 0.429. The number of nitrogens with one attached hydrogen (secondary N) is 1. The summed E-state index contributed by atoms with van der Waals surface area (Å²) >= 11 is 1.54. The van der Waals surface area contributed by atoms with Crippen molar-refractivity contribution < 1.29 is 14.3 Å². The number of benzene rings is 1. The number of thioether (sulfide) groups is 1. The lowest BCUT2D eigenvalue weighted by Gasteiger charge is -2.20. The molecular weight excluding hydrogens is 402 g/mol. The number of pyridine rings is 1. The molecule has 0 unspecified atom stereocenters. The van der Waals surface area contributed by atoms with Gasteiger partial charge in [-0.1, -0.05) is 0 Å². The molecule has 2 fully saturated rings. The van der Waals surface area contributed by atoms with Crippen molar-refractivity contribution in [2.75, 3.05) is 43.3 Å². The van der Waals surface area contributed by atoms with Gasteiger partial charge in [0.1, 0.15) is 6.04 Å². The molecule has 0 spiro atoms. The monoisotopic (exact) mass is 425 g/mol. The normalized spacial score (nSPS) is 21.1. The summed E-state index contributed by atoms with van der Waals surface area (Å²) in [7, 11) is 1.72. The molecule has 2 aliphatic heterocycles. The smallest absolute Gasteiger partial charge is 0.252 e. The molecule has 1 N–H and O–H groups in total. The Bertz CT molecular complexity index is 1010. The number of anilines is 1. The molecule has 2 atom stereocenters. The van der Waals surface area contributed by atoms with Crippen LogP contribution in [-0.2, 0) is 9.53 Å². The van der Waals surface area contributed by atoms with Crippen LogP contribution in [0.5, 0.6) is 0 Å². The first-order chi connectivity index (χ1) is 14.6. The molecule has 2 aromatic rings. The number of hydrogen-bond acceptors (Lipinski definition) is 7. The highest BCUT2D eigenvalue weighted by Crippen LogP contribution is 2.27. The van der Waals surface area contributed by atoms with Crippen molar-refractivity contribution in [3.05, 3.63) is 36.0 Å². The molecule has 156 valence electrons. The average molecular weight is 426 g/mol. The van der Waals surface area contributed by atoms with Gasteiger partial charge < -0.3 is 19.9 Å². The van der Waals surface area contributed by atoms with Gasteiger partial charge in [0.2, 0.25) is 5.91 Å². The second-order valence-electron chi connectivity index (χ2n) is 7.34. The third-order valence-electron chi connectivity index (χ3n) is 5.57. The van der Waals surface area contributed by atoms with E-state index in [9.17, 15) is 9.59 Å². The zero-order valence-corrected chi connectivity index (χ0v) is 17.5. The van der Waals surface area contributed by atoms with Gasteiger partial charge in [0.25, 0.3) is 5.91 Å². The number of methoxy groups -OCH3 is 1. The third-order valence-corrected chi connectivity index (χ3v) is 6.58. The van der Waals surface area contributed by atoms with Gasteiger partial charge in [-0.3, -0.25) is 14.6 Å². The van der Waals surface area contributed by atoms with Gasteiger partial charge in [-0.15, -0.1) is 11.8 Å². The zero-order valence-electron chi connectivity index (χ0n) is 16.7. The van der Waals surface area contributed by atoms with Gasteiger partial charge in [-0.25, -0.2) is 0 Å². The van der Waals surface area contributed by atoms with Crippen LogP contribution in [0.25, 0.3) is 10.9 Å². The summed E-state index contributed by atoms with van der Waals surface area (Å²) in [4.78, 5) is 33.4. The molecular formula is C21H23N5O3S. The second kappa shape index (κ2) is 8.90. The van der Waals surface area contributed by atoms with E-state index >= 15 is 0 Å². The highest BCUT2D eigenvalue weighted by molar-refractivity contribution is 7.99. The summed E-state index contributed by atoms with van der Waals surface area (Å²) in [5, 5.41) is 12.6. The first-order valence-electron chi connectivity index (χ1n) is 9.82. The number of fused-ring (bicyclic) bond motifs is 1. The van der Waals surface area contributed by atoms with Crippen molar-refractivity contribution in [3.63, 3.8) is 0 Å². The molecule has 4 rings (SSSR count). The summed E-state index contributed by atoms with van der Waals surface area (Å²) in [5.74, 6) is 0.507. The van der Waals surface area contributed by atoms with Crippen LogP contribution in [-0.4, -0.2) is 72.2 Å². The maximum Gasteiger partial charge on any atom is 0.252 e. The summed E-state index contributed by atoms with van der Waals surface area (Å²) in [6.07, 6.45) is 2.78. The van der Waals surface area contributed by atoms with Gasteiger partial charge in [0.05, 0.1) is 35.7 Å². The second-order valence-corrected chi connectivity index (χ2v) is 8.34. The predicted octanol–water partition coefficient (Wildman–Crippen LogP) is 1.61. The summed E-state index contributed by atoms with van der Waals surface area (Å²) < 4.78 is 5.45. The van der Waals surface area contributed by atoms with Gasteiger partial charge >= 0.3 is 0 Å². The van der Waals surface area contributed by atoms with Crippen molar-refractivity contribution >= 4 is 40.2 Å². The van der Waals surface area contributed by atoms with Crippen LogP contribution in [0.15, 0.2) is 30.5 Å². The molecule has 9 heteroatoms. The molecule has 0 radical (unpaired) electrons. The highest BCUT2D eigenvalue weighted by Gasteiger charge is 2.29. The quantitative estimate of drug-likeness (QED) is 0.777. The molecule has 8 nitrogen and oxygen atoms in total. The molecule has 1 aromatic carbocycles. The van der Waals surface area contributed by atoms with E-state index in [2.05, 4.69) is 21.3 Å². The van der Waals surface area contributed by atoms with Crippen molar-refractivity contribution in [1.29, 1.82) is 5.26 Å². The number of carbonyl (C=O) groups is 2. The lowest BCUT2D eigenvalue weighted by molar-refractivity contribution is -0.129. The number of nitrogens with zero attached hydrogens (tertiary/aromatic N) is 4. The molecule has 0 saturated carbocycles. The maximum atomic E-state index is 12.8. The van der Waals surface area contributed by atoms with E-state index in [1.54, 1.807) is 19.4 Å². The van der Waals surface area contributed by atoms with Crippen LogP contribution in [0.1, 0.15) is 16.8 Å². The SMILES string of the molecule is CO[C@@H]1CCN(c2ccc3nccc(C(=O)NCC(=O)N4CSC[C@H]4C#N)c3c2)C1. The van der Waals surface area contributed by atoms with Crippen LogP contribution in [0.4, 0.5) is 5.69 Å². The number of ether oxygens (including phenoxy) is 1. The van der Waals surface area contributed by atoms with Crippen LogP contribution < -0.4 is 10.2 Å². The van der Waals surface area contributed by atoms with Gasteiger partial charge in [0, 0.05) is 43.2 Å². The summed E-state index contributed by atoms with van der Waals surface area (Å²) in [6.45, 7) is 1.57. The van der Waals surface area contributed by atoms with Crippen molar-refractivity contribution in [1.82, 2.24) is 15.2 Å². The number of hydrogen-bond donors (Lipinski definition) is 1. The standard InChI is InChI=1S/C21H23N5O3S/c1-29-16-5-7-25(11-16)14-2-3-19-18(8-14)17(4-6-23-19)21(28)24-10-20(27)26-13-30-12-15(26)9-22/h2-4,6,8,15-16H,5,7,10-13H2,1H3,(H,24,28)/t15-,16-/m1/s1. The minimum atomic E-state index is -0.430. The fourth-order valence-corrected chi connectivity index (χ4v) is 4.94. The van der Waals surface area contributed by atoms with Gasteiger partial charge in [-0.05, 0) is 30.7 Å². The van der Waals surface area contributed by atoms with Crippen LogP contribution in [0, 0.1) is 11.3 Å². The predicted molar refractivity (Wildman–Crippen MR) is 115 cm³/mol. The Morgan fingerprint density at radius 1 is 1.40 bits per heavy atom. The molecule has 1 aromatic heterocycles. The third kappa shape index (κ3) is 4.06. The van der Waals surface area contributed by atoms with Crippen LogP contribution >= 0.6 is 11.8 Å². The Morgan fingerprint density at radius 3 is 3.03 bits per heavy atom. The average Bonchev–Trinajstić information content (AvgIpc) is 3.45. The first-order valence-corrected chi connectivity index (χ1v) is 11.0. The number of nitriles is 1. The van der Waals surface area contributed by atoms with E-state index in [4.69, 9.17) is 10.00 Å². The molecule has 3 heterocycles. The minimum absolute atomic E-state index is 0.136. The largest absolute Gasteiger partial charge is 0.380 e. The van der Waals surface area contributed by atoms with E-state index < -0.39 is 6.04 Å². The number of rotatable bonds is 5. The molecule has 0 bridgehead atoms. The van der Waals surface area contributed by atoms with Crippen molar-refractivity contribution in [2.45, 2.75) is 18.6 Å². The Morgan fingerprint density at radius 2 is 2.27 bits per heavy atom. The Balaban J connectivity index is 1.50. The van der Waals surface area contributed by atoms with Gasteiger partial charge in [-0.2, -0.15) is 5.26 Å². The van der Waals surface area contributed by atoms with Crippen LogP contribution in [0.3, 0.4) is 0 Å². The summed E-state index contributed by atoms with van der Waals surface area (Å²) in [6, 6.07) is 9.25. The molecule has 0 aliphatic carbocycles. The summed E-state index contributed by atoms with van der Waals surface area (Å²) in [5.41, 5.74) is 2.22. The Kier molecular flexibility index (Phi) is 6.06.